The molecule has 3 atom stereocenters. The van der Waals surface area contributed by atoms with Crippen LogP contribution < -0.4 is 0 Å². The van der Waals surface area contributed by atoms with Crippen molar-refractivity contribution < 1.29 is 14.6 Å². The zero-order valence-electron chi connectivity index (χ0n) is 13.2. The molecule has 20 heavy (non-hydrogen) atoms. The monoisotopic (exact) mass is 280 g/mol. The number of rotatable bonds is 2. The lowest BCUT2D eigenvalue weighted by molar-refractivity contribution is -0.145. The van der Waals surface area contributed by atoms with E-state index in [1.54, 1.807) is 6.92 Å². The average Bonchev–Trinajstić information content (AvgIpc) is 2.32. The Morgan fingerprint density at radius 3 is 2.70 bits per heavy atom. The molecule has 0 radical (unpaired) electrons. The Hall–Kier alpha value is -1.09. The van der Waals surface area contributed by atoms with Gasteiger partial charge in [0.1, 0.15) is 6.10 Å². The highest BCUT2D eigenvalue weighted by atomic mass is 16.5. The van der Waals surface area contributed by atoms with Gasteiger partial charge in [0.2, 0.25) is 0 Å². The number of ether oxygens (including phenoxy) is 1. The van der Waals surface area contributed by atoms with Gasteiger partial charge < -0.3 is 9.84 Å². The van der Waals surface area contributed by atoms with Crippen LogP contribution in [0.1, 0.15) is 53.4 Å². The highest BCUT2D eigenvalue weighted by molar-refractivity contribution is 5.66. The molecular formula is C17H28O3. The van der Waals surface area contributed by atoms with Crippen LogP contribution in [0.5, 0.6) is 0 Å². The van der Waals surface area contributed by atoms with E-state index in [-0.39, 0.29) is 12.1 Å². The van der Waals surface area contributed by atoms with Crippen molar-refractivity contribution in [3.05, 3.63) is 24.3 Å². The number of hydrogen-bond donors (Lipinski definition) is 1. The lowest BCUT2D eigenvalue weighted by Crippen LogP contribution is -2.28. The van der Waals surface area contributed by atoms with Crippen LogP contribution in [-0.2, 0) is 9.53 Å². The van der Waals surface area contributed by atoms with Crippen molar-refractivity contribution in [3.63, 3.8) is 0 Å². The molecule has 3 nitrogen and oxygen atoms in total. The molecule has 0 amide bonds. The van der Waals surface area contributed by atoms with Crippen LogP contribution in [0.4, 0.5) is 0 Å². The van der Waals surface area contributed by atoms with Crippen molar-refractivity contribution in [2.75, 3.05) is 0 Å². The summed E-state index contributed by atoms with van der Waals surface area (Å²) in [6.45, 7) is 11.7. The highest BCUT2D eigenvalue weighted by Crippen LogP contribution is 2.29. The fourth-order valence-corrected chi connectivity index (χ4v) is 2.55. The summed E-state index contributed by atoms with van der Waals surface area (Å²) in [6, 6.07) is 0. The van der Waals surface area contributed by atoms with Crippen molar-refractivity contribution >= 4 is 5.97 Å². The molecule has 0 spiro atoms. The molecule has 0 aromatic carbocycles. The normalized spacial score (nSPS) is 33.8. The summed E-state index contributed by atoms with van der Waals surface area (Å²) in [5, 5.41) is 10.4. The second-order valence-electron chi connectivity index (χ2n) is 6.46. The van der Waals surface area contributed by atoms with E-state index in [1.165, 1.54) is 6.92 Å². The quantitative estimate of drug-likeness (QED) is 0.620. The van der Waals surface area contributed by atoms with Crippen LogP contribution in [0.3, 0.4) is 0 Å². The van der Waals surface area contributed by atoms with E-state index in [1.807, 2.05) is 6.08 Å². The van der Waals surface area contributed by atoms with E-state index in [0.29, 0.717) is 24.7 Å². The zero-order valence-corrected chi connectivity index (χ0v) is 13.2. The number of carbonyl (C=O) groups is 1. The summed E-state index contributed by atoms with van der Waals surface area (Å²) in [7, 11) is 0. The summed E-state index contributed by atoms with van der Waals surface area (Å²) in [6.07, 6.45) is 6.75. The van der Waals surface area contributed by atoms with Crippen molar-refractivity contribution in [2.24, 2.45) is 11.8 Å². The zero-order chi connectivity index (χ0) is 15.3. The van der Waals surface area contributed by atoms with Crippen LogP contribution in [0.15, 0.2) is 24.3 Å². The van der Waals surface area contributed by atoms with E-state index in [2.05, 4.69) is 26.5 Å². The molecule has 1 N–H and O–H groups in total. The Bertz CT molecular complexity index is 380. The maximum absolute atomic E-state index is 11.2. The summed E-state index contributed by atoms with van der Waals surface area (Å²) in [5.41, 5.74) is 0.0975. The summed E-state index contributed by atoms with van der Waals surface area (Å²) in [5.74, 6) is 0.638. The fourth-order valence-electron chi connectivity index (χ4n) is 2.55. The Morgan fingerprint density at radius 1 is 1.50 bits per heavy atom. The lowest BCUT2D eigenvalue weighted by atomic mass is 9.84. The van der Waals surface area contributed by atoms with Gasteiger partial charge in [-0.2, -0.15) is 0 Å². The van der Waals surface area contributed by atoms with Gasteiger partial charge in [-0.05, 0) is 50.0 Å². The SMILES string of the molecule is C=C1CC[C@@H](C(C)C)/C=C\[C@@](C)(O)CC[C@@H]1OC(C)=O. The first-order valence-corrected chi connectivity index (χ1v) is 7.48. The smallest absolute Gasteiger partial charge is 0.303 e. The Labute approximate surface area is 122 Å². The first-order chi connectivity index (χ1) is 9.21. The summed E-state index contributed by atoms with van der Waals surface area (Å²) >= 11 is 0. The predicted molar refractivity (Wildman–Crippen MR) is 81.3 cm³/mol. The van der Waals surface area contributed by atoms with E-state index in [9.17, 15) is 9.90 Å². The molecule has 0 saturated heterocycles. The van der Waals surface area contributed by atoms with Gasteiger partial charge in [0, 0.05) is 6.92 Å². The van der Waals surface area contributed by atoms with E-state index < -0.39 is 5.60 Å². The van der Waals surface area contributed by atoms with Crippen LogP contribution in [-0.4, -0.2) is 22.8 Å². The van der Waals surface area contributed by atoms with Gasteiger partial charge in [0.15, 0.2) is 0 Å². The van der Waals surface area contributed by atoms with Crippen LogP contribution in [0.2, 0.25) is 0 Å². The number of hydrogen-bond acceptors (Lipinski definition) is 3. The van der Waals surface area contributed by atoms with Crippen molar-refractivity contribution in [3.8, 4) is 0 Å². The standard InChI is InChI=1S/C17H28O3/c1-12(2)15-7-6-13(3)16(20-14(4)18)9-11-17(5,19)10-8-15/h8,10,12,15-16,19H,3,6-7,9,11H2,1-2,4-5H3/b10-8-/t15-,16+,17-/m1/s1. The first-order valence-electron chi connectivity index (χ1n) is 7.48. The third kappa shape index (κ3) is 5.49. The molecule has 3 heteroatoms. The van der Waals surface area contributed by atoms with E-state index in [4.69, 9.17) is 4.74 Å². The van der Waals surface area contributed by atoms with Gasteiger partial charge in [-0.25, -0.2) is 0 Å². The molecule has 114 valence electrons. The van der Waals surface area contributed by atoms with Gasteiger partial charge in [-0.15, -0.1) is 0 Å². The molecule has 1 aliphatic rings. The molecule has 0 aromatic rings. The Morgan fingerprint density at radius 2 is 2.15 bits per heavy atom. The second kappa shape index (κ2) is 7.07. The fraction of sp³-hybridized carbons (Fsp3) is 0.706. The average molecular weight is 280 g/mol. The maximum Gasteiger partial charge on any atom is 0.303 e. The number of allylic oxidation sites excluding steroid dienone is 1. The van der Waals surface area contributed by atoms with Crippen molar-refractivity contribution in [1.29, 1.82) is 0 Å². The Balaban J connectivity index is 2.89. The number of aliphatic hydroxyl groups is 1. The summed E-state index contributed by atoms with van der Waals surface area (Å²) in [4.78, 5) is 11.2. The molecule has 1 rings (SSSR count). The molecule has 0 aromatic heterocycles. The van der Waals surface area contributed by atoms with Gasteiger partial charge in [0.05, 0.1) is 5.60 Å². The Kier molecular flexibility index (Phi) is 6.00. The first kappa shape index (κ1) is 17.0. The lowest BCUT2D eigenvalue weighted by Gasteiger charge is -2.28. The highest BCUT2D eigenvalue weighted by Gasteiger charge is 2.25. The summed E-state index contributed by atoms with van der Waals surface area (Å²) < 4.78 is 5.35. The largest absolute Gasteiger partial charge is 0.458 e. The minimum absolute atomic E-state index is 0.279. The molecule has 0 fully saturated rings. The third-order valence-corrected chi connectivity index (χ3v) is 4.03. The number of carbonyl (C=O) groups excluding carboxylic acids is 1. The predicted octanol–water partition coefficient (Wildman–Crippen LogP) is 3.63. The maximum atomic E-state index is 11.2. The molecule has 0 unspecified atom stereocenters. The van der Waals surface area contributed by atoms with Crippen LogP contribution in [0.25, 0.3) is 0 Å². The molecule has 0 bridgehead atoms. The molecule has 0 saturated carbocycles. The van der Waals surface area contributed by atoms with Crippen molar-refractivity contribution in [1.82, 2.24) is 0 Å². The van der Waals surface area contributed by atoms with Gasteiger partial charge in [-0.3, -0.25) is 4.79 Å². The van der Waals surface area contributed by atoms with Gasteiger partial charge in [0.25, 0.3) is 0 Å². The topological polar surface area (TPSA) is 46.5 Å². The minimum Gasteiger partial charge on any atom is -0.458 e. The van der Waals surface area contributed by atoms with Gasteiger partial charge in [-0.1, -0.05) is 32.6 Å². The van der Waals surface area contributed by atoms with Gasteiger partial charge >= 0.3 is 5.97 Å². The van der Waals surface area contributed by atoms with Crippen LogP contribution in [0, 0.1) is 11.8 Å². The molecule has 0 heterocycles. The van der Waals surface area contributed by atoms with Crippen molar-refractivity contribution in [2.45, 2.75) is 65.1 Å². The van der Waals surface area contributed by atoms with Crippen LogP contribution >= 0.6 is 0 Å². The minimum atomic E-state index is -0.858. The molecular weight excluding hydrogens is 252 g/mol. The van der Waals surface area contributed by atoms with E-state index in [0.717, 1.165) is 18.4 Å². The molecule has 1 aliphatic carbocycles. The number of esters is 1. The third-order valence-electron chi connectivity index (χ3n) is 4.03. The molecule has 0 aliphatic heterocycles. The second-order valence-corrected chi connectivity index (χ2v) is 6.46. The van der Waals surface area contributed by atoms with E-state index >= 15 is 0 Å².